The van der Waals surface area contributed by atoms with Crippen LogP contribution in [0.5, 0.6) is 0 Å². The average molecular weight is 432 g/mol. The van der Waals surface area contributed by atoms with Crippen molar-refractivity contribution in [3.8, 4) is 28.5 Å². The van der Waals surface area contributed by atoms with Gasteiger partial charge >= 0.3 is 0 Å². The van der Waals surface area contributed by atoms with E-state index in [2.05, 4.69) is 99.2 Å². The maximum atomic E-state index is 10.1. The summed E-state index contributed by atoms with van der Waals surface area (Å²) in [6.07, 6.45) is 2.90. The minimum Gasteiger partial charge on any atom is -0.454 e. The first-order valence-electron chi connectivity index (χ1n) is 11.4. The van der Waals surface area contributed by atoms with Gasteiger partial charge in [0.15, 0.2) is 11.8 Å². The van der Waals surface area contributed by atoms with Crippen LogP contribution in [-0.4, -0.2) is 0 Å². The molecule has 3 nitrogen and oxygen atoms in total. The van der Waals surface area contributed by atoms with Gasteiger partial charge in [-0.1, -0.05) is 56.3 Å². The molecular formula is C30H27N2O+. The van der Waals surface area contributed by atoms with Crippen LogP contribution in [0.2, 0.25) is 0 Å². The van der Waals surface area contributed by atoms with Gasteiger partial charge in [-0.25, -0.2) is 4.57 Å². The first-order valence-corrected chi connectivity index (χ1v) is 11.4. The lowest BCUT2D eigenvalue weighted by Crippen LogP contribution is -2.30. The largest absolute Gasteiger partial charge is 0.454 e. The Morgan fingerprint density at radius 3 is 2.42 bits per heavy atom. The summed E-state index contributed by atoms with van der Waals surface area (Å²) in [6.45, 7) is 6.49. The van der Waals surface area contributed by atoms with Crippen LogP contribution < -0.4 is 4.57 Å². The van der Waals surface area contributed by atoms with Crippen LogP contribution in [0.4, 0.5) is 0 Å². The van der Waals surface area contributed by atoms with Crippen molar-refractivity contribution in [1.82, 2.24) is 0 Å². The summed E-state index contributed by atoms with van der Waals surface area (Å²) in [7, 11) is 2.05. The average Bonchev–Trinajstić information content (AvgIpc) is 3.19. The zero-order valence-corrected chi connectivity index (χ0v) is 19.5. The van der Waals surface area contributed by atoms with Gasteiger partial charge in [0.05, 0.1) is 11.1 Å². The van der Waals surface area contributed by atoms with Gasteiger partial charge in [-0.15, -0.1) is 0 Å². The highest BCUT2D eigenvalue weighted by Crippen LogP contribution is 2.44. The van der Waals surface area contributed by atoms with Crippen molar-refractivity contribution in [2.75, 3.05) is 0 Å². The summed E-state index contributed by atoms with van der Waals surface area (Å²) in [5, 5.41) is 12.2. The van der Waals surface area contributed by atoms with Crippen LogP contribution in [0.3, 0.4) is 0 Å². The number of hydrogen-bond acceptors (Lipinski definition) is 2. The van der Waals surface area contributed by atoms with Crippen LogP contribution in [-0.2, 0) is 13.5 Å². The predicted molar refractivity (Wildman–Crippen MR) is 134 cm³/mol. The van der Waals surface area contributed by atoms with Gasteiger partial charge in [0.2, 0.25) is 5.69 Å². The van der Waals surface area contributed by atoms with Crippen LogP contribution in [0.15, 0.2) is 77.3 Å². The third-order valence-electron chi connectivity index (χ3n) is 6.33. The van der Waals surface area contributed by atoms with E-state index < -0.39 is 0 Å². The normalized spacial score (nSPS) is 11.4. The van der Waals surface area contributed by atoms with Crippen LogP contribution in [0, 0.1) is 24.2 Å². The molecule has 0 aliphatic heterocycles. The van der Waals surface area contributed by atoms with E-state index in [1.807, 2.05) is 12.1 Å². The third-order valence-corrected chi connectivity index (χ3v) is 6.33. The summed E-state index contributed by atoms with van der Waals surface area (Å²) in [4.78, 5) is 0. The Bertz CT molecular complexity index is 1540. The number of nitriles is 1. The molecular weight excluding hydrogens is 404 g/mol. The molecule has 162 valence electrons. The Morgan fingerprint density at radius 2 is 1.73 bits per heavy atom. The maximum Gasteiger partial charge on any atom is 0.216 e. The predicted octanol–water partition coefficient (Wildman–Crippen LogP) is 7.12. The number of pyridine rings is 1. The van der Waals surface area contributed by atoms with Gasteiger partial charge in [0.25, 0.3) is 0 Å². The van der Waals surface area contributed by atoms with Gasteiger partial charge in [-0.3, -0.25) is 0 Å². The SMILES string of the molecule is Cc1cc(-c2ccccc2)c2c(oc3c(C#N)c(CC(C)C)ccc32)c1-c1cccc[n+]1C. The van der Waals surface area contributed by atoms with Crippen molar-refractivity contribution in [1.29, 1.82) is 5.26 Å². The highest BCUT2D eigenvalue weighted by molar-refractivity contribution is 6.17. The molecule has 3 aromatic carbocycles. The third kappa shape index (κ3) is 3.49. The summed E-state index contributed by atoms with van der Waals surface area (Å²) >= 11 is 0. The van der Waals surface area contributed by atoms with Crippen LogP contribution >= 0.6 is 0 Å². The van der Waals surface area contributed by atoms with Crippen molar-refractivity contribution >= 4 is 21.9 Å². The molecule has 0 saturated heterocycles. The number of furan rings is 1. The number of aryl methyl sites for hydroxylation is 2. The van der Waals surface area contributed by atoms with E-state index in [4.69, 9.17) is 4.42 Å². The first kappa shape index (κ1) is 21.0. The van der Waals surface area contributed by atoms with E-state index in [1.54, 1.807) is 0 Å². The zero-order chi connectivity index (χ0) is 23.1. The lowest BCUT2D eigenvalue weighted by molar-refractivity contribution is -0.660. The van der Waals surface area contributed by atoms with Crippen molar-refractivity contribution in [3.63, 3.8) is 0 Å². The molecule has 5 aromatic rings. The van der Waals surface area contributed by atoms with E-state index in [0.29, 0.717) is 17.1 Å². The Morgan fingerprint density at radius 1 is 0.970 bits per heavy atom. The molecule has 0 spiro atoms. The fraction of sp³-hybridized carbons (Fsp3) is 0.200. The lowest BCUT2D eigenvalue weighted by atomic mass is 9.91. The molecule has 0 amide bonds. The number of rotatable bonds is 4. The van der Waals surface area contributed by atoms with E-state index in [9.17, 15) is 5.26 Å². The second kappa shape index (κ2) is 8.22. The Hall–Kier alpha value is -3.90. The van der Waals surface area contributed by atoms with Crippen LogP contribution in [0.1, 0.15) is 30.5 Å². The molecule has 33 heavy (non-hydrogen) atoms. The highest BCUT2D eigenvalue weighted by atomic mass is 16.3. The van der Waals surface area contributed by atoms with E-state index in [0.717, 1.165) is 56.3 Å². The van der Waals surface area contributed by atoms with Crippen LogP contribution in [0.25, 0.3) is 44.3 Å². The van der Waals surface area contributed by atoms with Gasteiger partial charge in [-0.05, 0) is 53.6 Å². The number of aromatic nitrogens is 1. The Balaban J connectivity index is 1.96. The zero-order valence-electron chi connectivity index (χ0n) is 19.5. The van der Waals surface area contributed by atoms with Crippen molar-refractivity contribution in [2.45, 2.75) is 27.2 Å². The minimum atomic E-state index is 0.458. The molecule has 0 fully saturated rings. The number of fused-ring (bicyclic) bond motifs is 3. The molecule has 2 aromatic heterocycles. The molecule has 0 bridgehead atoms. The quantitative estimate of drug-likeness (QED) is 0.284. The fourth-order valence-electron chi connectivity index (χ4n) is 4.86. The fourth-order valence-corrected chi connectivity index (χ4v) is 4.86. The molecule has 0 aliphatic rings. The summed E-state index contributed by atoms with van der Waals surface area (Å²) in [5.74, 6) is 0.458. The summed E-state index contributed by atoms with van der Waals surface area (Å²) in [5.41, 5.74) is 8.78. The lowest BCUT2D eigenvalue weighted by Gasteiger charge is -2.11. The van der Waals surface area contributed by atoms with Crippen molar-refractivity contribution < 1.29 is 8.98 Å². The smallest absolute Gasteiger partial charge is 0.216 e. The van der Waals surface area contributed by atoms with E-state index >= 15 is 0 Å². The summed E-state index contributed by atoms with van der Waals surface area (Å²) in [6, 6.07) is 25.6. The molecule has 2 heterocycles. The van der Waals surface area contributed by atoms with Gasteiger partial charge < -0.3 is 4.42 Å². The Kier molecular flexibility index (Phi) is 5.23. The number of nitrogens with zero attached hydrogens (tertiary/aromatic N) is 2. The Labute approximate surface area is 194 Å². The number of hydrogen-bond donors (Lipinski definition) is 0. The molecule has 0 N–H and O–H groups in total. The first-order chi connectivity index (χ1) is 16.0. The molecule has 0 aliphatic carbocycles. The standard InChI is InChI=1S/C30H27N2O/c1-19(2)16-22-13-14-23-28-24(21-10-6-5-7-11-21)17-20(3)27(26-12-8-9-15-32(26)4)30(28)33-29(23)25(22)18-31/h5-15,17,19H,16H2,1-4H3/q+1. The molecule has 0 atom stereocenters. The second-order valence-electron chi connectivity index (χ2n) is 9.17. The van der Waals surface area contributed by atoms with E-state index in [1.165, 1.54) is 0 Å². The molecule has 0 saturated carbocycles. The topological polar surface area (TPSA) is 40.8 Å². The molecule has 0 radical (unpaired) electrons. The highest BCUT2D eigenvalue weighted by Gasteiger charge is 2.25. The van der Waals surface area contributed by atoms with Gasteiger partial charge in [-0.2, -0.15) is 5.26 Å². The molecule has 5 rings (SSSR count). The van der Waals surface area contributed by atoms with Crippen molar-refractivity contribution in [2.24, 2.45) is 13.0 Å². The molecule has 0 unspecified atom stereocenters. The van der Waals surface area contributed by atoms with Crippen molar-refractivity contribution in [3.05, 3.63) is 89.6 Å². The minimum absolute atomic E-state index is 0.458. The second-order valence-corrected chi connectivity index (χ2v) is 9.17. The van der Waals surface area contributed by atoms with Gasteiger partial charge in [0.1, 0.15) is 18.7 Å². The number of benzene rings is 3. The molecule has 3 heteroatoms. The summed E-state index contributed by atoms with van der Waals surface area (Å²) < 4.78 is 8.76. The maximum absolute atomic E-state index is 10.1. The van der Waals surface area contributed by atoms with E-state index in [-0.39, 0.29) is 0 Å². The van der Waals surface area contributed by atoms with Gasteiger partial charge in [0, 0.05) is 22.9 Å². The monoisotopic (exact) mass is 431 g/mol.